The lowest BCUT2D eigenvalue weighted by molar-refractivity contribution is -0.115. The minimum atomic E-state index is -3.74. The number of allylic oxidation sites excluding steroid dienone is 3. The van der Waals surface area contributed by atoms with E-state index in [0.717, 1.165) is 34.7 Å². The van der Waals surface area contributed by atoms with Crippen molar-refractivity contribution in [3.63, 3.8) is 0 Å². The summed E-state index contributed by atoms with van der Waals surface area (Å²) < 4.78 is 28.1. The zero-order valence-corrected chi connectivity index (χ0v) is 18.1. The van der Waals surface area contributed by atoms with Gasteiger partial charge >= 0.3 is 0 Å². The summed E-state index contributed by atoms with van der Waals surface area (Å²) in [7, 11) is -3.74. The molecule has 3 aromatic carbocycles. The normalized spacial score (nSPS) is 13.6. The van der Waals surface area contributed by atoms with Crippen molar-refractivity contribution in [3.05, 3.63) is 95.7 Å². The molecule has 3 aromatic rings. The minimum absolute atomic E-state index is 0. The zero-order valence-electron chi connectivity index (χ0n) is 17.3. The fourth-order valence-corrected chi connectivity index (χ4v) is 4.63. The first kappa shape index (κ1) is 20.9. The third kappa shape index (κ3) is 5.03. The predicted molar refractivity (Wildman–Crippen MR) is 128 cm³/mol. The van der Waals surface area contributed by atoms with Gasteiger partial charge in [-0.25, -0.2) is 8.42 Å². The predicted octanol–water partition coefficient (Wildman–Crippen LogP) is 5.33. The van der Waals surface area contributed by atoms with Gasteiger partial charge < -0.3 is 5.32 Å². The van der Waals surface area contributed by atoms with Crippen LogP contribution in [0.2, 0.25) is 0 Å². The van der Waals surface area contributed by atoms with Gasteiger partial charge in [0.25, 0.3) is 10.0 Å². The minimum Gasteiger partial charge on any atom is -0.326 e. The van der Waals surface area contributed by atoms with Crippen LogP contribution in [-0.2, 0) is 21.2 Å². The van der Waals surface area contributed by atoms with Crippen LogP contribution >= 0.6 is 0 Å². The summed E-state index contributed by atoms with van der Waals surface area (Å²) in [6.07, 6.45) is 7.48. The maximum absolute atomic E-state index is 12.8. The highest BCUT2D eigenvalue weighted by molar-refractivity contribution is 7.89. The summed E-state index contributed by atoms with van der Waals surface area (Å²) in [6, 6.07) is 18.7. The Kier molecular flexibility index (Phi) is 5.91. The topological polar surface area (TPSA) is 75.3 Å². The van der Waals surface area contributed by atoms with E-state index in [2.05, 4.69) is 10.0 Å². The number of carbonyl (C=O) groups excluding carboxylic acids is 1. The van der Waals surface area contributed by atoms with Crippen molar-refractivity contribution < 1.29 is 16.1 Å². The van der Waals surface area contributed by atoms with Gasteiger partial charge in [-0.2, -0.15) is 0 Å². The molecule has 0 saturated heterocycles. The number of sulfonamides is 1. The smallest absolute Gasteiger partial charge is 0.261 e. The first-order valence-electron chi connectivity index (χ1n) is 10.2. The van der Waals surface area contributed by atoms with Crippen molar-refractivity contribution >= 4 is 32.4 Å². The second kappa shape index (κ2) is 8.78. The second-order valence-electron chi connectivity index (χ2n) is 7.63. The van der Waals surface area contributed by atoms with Crippen LogP contribution < -0.4 is 10.0 Å². The van der Waals surface area contributed by atoms with E-state index < -0.39 is 10.0 Å². The largest absolute Gasteiger partial charge is 0.326 e. The molecule has 162 valence electrons. The Hall–Kier alpha value is -3.38. The molecule has 0 aliphatic heterocycles. The number of fused-ring (bicyclic) bond motifs is 1. The molecule has 1 aliphatic carbocycles. The Labute approximate surface area is 185 Å². The molecular formula is C25H28N2O3S. The van der Waals surface area contributed by atoms with Crippen LogP contribution in [0, 0.1) is 6.92 Å². The number of carbonyl (C=O) groups is 1. The number of hydrogen-bond acceptors (Lipinski definition) is 3. The first-order chi connectivity index (χ1) is 14.9. The third-order valence-corrected chi connectivity index (χ3v) is 6.60. The van der Waals surface area contributed by atoms with Gasteiger partial charge in [0.2, 0.25) is 5.91 Å². The van der Waals surface area contributed by atoms with Crippen molar-refractivity contribution in [1.29, 1.82) is 0 Å². The van der Waals surface area contributed by atoms with Crippen molar-refractivity contribution in [3.8, 4) is 0 Å². The van der Waals surface area contributed by atoms with E-state index in [1.54, 1.807) is 18.2 Å². The second-order valence-corrected chi connectivity index (χ2v) is 9.31. The molecule has 1 amide bonds. The number of nitrogens with one attached hydrogen (secondary N) is 2. The molecule has 0 saturated carbocycles. The van der Waals surface area contributed by atoms with Gasteiger partial charge in [0.1, 0.15) is 0 Å². The number of rotatable bonds is 6. The molecule has 0 heterocycles. The van der Waals surface area contributed by atoms with Gasteiger partial charge in [-0.1, -0.05) is 60.7 Å². The maximum Gasteiger partial charge on any atom is 0.261 e. The van der Waals surface area contributed by atoms with E-state index in [1.165, 1.54) is 6.07 Å². The molecule has 1 aliphatic rings. The highest BCUT2D eigenvalue weighted by Gasteiger charge is 2.17. The van der Waals surface area contributed by atoms with Gasteiger partial charge in [0.15, 0.2) is 0 Å². The molecule has 31 heavy (non-hydrogen) atoms. The third-order valence-electron chi connectivity index (χ3n) is 5.22. The van der Waals surface area contributed by atoms with E-state index in [9.17, 15) is 13.2 Å². The highest BCUT2D eigenvalue weighted by atomic mass is 32.2. The summed E-state index contributed by atoms with van der Waals surface area (Å²) in [5.74, 6) is -0.196. The maximum atomic E-state index is 12.8. The quantitative estimate of drug-likeness (QED) is 0.548. The van der Waals surface area contributed by atoms with Crippen LogP contribution in [-0.4, -0.2) is 14.3 Å². The fraction of sp³-hybridized carbons (Fsp3) is 0.160. The van der Waals surface area contributed by atoms with Crippen molar-refractivity contribution in [1.82, 2.24) is 4.72 Å². The summed E-state index contributed by atoms with van der Waals surface area (Å²) >= 11 is 0. The number of aryl methyl sites for hydroxylation is 1. The number of hydrogen-bond donors (Lipinski definition) is 2. The molecule has 0 atom stereocenters. The van der Waals surface area contributed by atoms with E-state index in [0.29, 0.717) is 11.4 Å². The lowest BCUT2D eigenvalue weighted by Gasteiger charge is -2.14. The molecule has 0 unspecified atom stereocenters. The Morgan fingerprint density at radius 2 is 1.81 bits per heavy atom. The van der Waals surface area contributed by atoms with Crippen LogP contribution in [0.3, 0.4) is 0 Å². The molecule has 0 fully saturated rings. The Morgan fingerprint density at radius 1 is 1.00 bits per heavy atom. The summed E-state index contributed by atoms with van der Waals surface area (Å²) in [6.45, 7) is 1.84. The van der Waals surface area contributed by atoms with Gasteiger partial charge in [-0.15, -0.1) is 0 Å². The van der Waals surface area contributed by atoms with Crippen LogP contribution in [0.25, 0.3) is 10.8 Å². The fourth-order valence-electron chi connectivity index (χ4n) is 3.53. The molecular weight excluding hydrogens is 408 g/mol. The highest BCUT2D eigenvalue weighted by Crippen LogP contribution is 2.22. The van der Waals surface area contributed by atoms with Gasteiger partial charge in [-0.05, 0) is 59.9 Å². The van der Waals surface area contributed by atoms with E-state index in [-0.39, 0.29) is 20.1 Å². The Morgan fingerprint density at radius 3 is 2.58 bits per heavy atom. The van der Waals surface area contributed by atoms with Gasteiger partial charge in [0, 0.05) is 14.2 Å². The van der Waals surface area contributed by atoms with E-state index >= 15 is 0 Å². The van der Waals surface area contributed by atoms with Crippen LogP contribution in [0.1, 0.15) is 26.8 Å². The average molecular weight is 437 g/mol. The van der Waals surface area contributed by atoms with Crippen molar-refractivity contribution in [2.45, 2.75) is 31.1 Å². The number of anilines is 1. The first-order valence-corrected chi connectivity index (χ1v) is 11.7. The zero-order chi connectivity index (χ0) is 21.8. The molecule has 6 heteroatoms. The lowest BCUT2D eigenvalue weighted by atomic mass is 10.0. The van der Waals surface area contributed by atoms with Crippen molar-refractivity contribution in [2.75, 3.05) is 5.32 Å². The summed E-state index contributed by atoms with van der Waals surface area (Å²) in [5, 5.41) is 5.06. The summed E-state index contributed by atoms with van der Waals surface area (Å²) in [4.78, 5) is 12.8. The van der Waals surface area contributed by atoms with Crippen LogP contribution in [0.15, 0.2) is 89.5 Å². The molecule has 0 spiro atoms. The van der Waals surface area contributed by atoms with Gasteiger partial charge in [-0.3, -0.25) is 9.52 Å². The molecule has 2 N–H and O–H groups in total. The average Bonchev–Trinajstić information content (AvgIpc) is 2.75. The lowest BCUT2D eigenvalue weighted by Crippen LogP contribution is -2.23. The van der Waals surface area contributed by atoms with Gasteiger partial charge in [0.05, 0.1) is 11.3 Å². The molecule has 0 aromatic heterocycles. The number of amides is 1. The monoisotopic (exact) mass is 436 g/mol. The SMILES string of the molecule is Cc1ccc(S(=O)(=O)NC2=CCCC=C2)cc1NC(=O)Cc1ccc2ccccc2c1.[HH].[HH]. The standard InChI is InChI=1S/C25H24N2O3S.2H2/c1-18-11-14-23(31(29,30)27-22-9-3-2-4-10-22)17-24(18)26-25(28)16-19-12-13-20-7-5-6-8-21(20)15-19;;/h3,5-15,17,27H,2,4,16H2,1H3,(H,26,28);2*1H. The Balaban J connectivity index is 0.00000193. The molecule has 5 nitrogen and oxygen atoms in total. The van der Waals surface area contributed by atoms with E-state index in [4.69, 9.17) is 0 Å². The van der Waals surface area contributed by atoms with Crippen molar-refractivity contribution in [2.24, 2.45) is 0 Å². The molecule has 4 rings (SSSR count). The number of benzene rings is 3. The van der Waals surface area contributed by atoms with Crippen LogP contribution in [0.5, 0.6) is 0 Å². The molecule has 0 bridgehead atoms. The summed E-state index contributed by atoms with van der Waals surface area (Å²) in [5.41, 5.74) is 2.74. The van der Waals surface area contributed by atoms with Crippen LogP contribution in [0.4, 0.5) is 5.69 Å². The van der Waals surface area contributed by atoms with E-state index in [1.807, 2.05) is 61.5 Å². The Bertz CT molecular complexity index is 1320. The molecule has 0 radical (unpaired) electrons.